The van der Waals surface area contributed by atoms with Crippen LogP contribution in [-0.4, -0.2) is 23.1 Å². The van der Waals surface area contributed by atoms with Crippen molar-refractivity contribution in [1.29, 1.82) is 0 Å². The summed E-state index contributed by atoms with van der Waals surface area (Å²) < 4.78 is 5.32. The molecule has 2 heterocycles. The predicted octanol–water partition coefficient (Wildman–Crippen LogP) is 4.65. The molecule has 140 valence electrons. The molecule has 0 radical (unpaired) electrons. The Kier molecular flexibility index (Phi) is 4.01. The summed E-state index contributed by atoms with van der Waals surface area (Å²) >= 11 is 0. The van der Waals surface area contributed by atoms with Gasteiger partial charge >= 0.3 is 0 Å². The topological polar surface area (TPSA) is 67.0 Å². The van der Waals surface area contributed by atoms with Crippen molar-refractivity contribution in [1.82, 2.24) is 10.2 Å². The molecule has 0 spiro atoms. The first-order chi connectivity index (χ1) is 13.8. The lowest BCUT2D eigenvalue weighted by Crippen LogP contribution is -2.26. The highest BCUT2D eigenvalue weighted by molar-refractivity contribution is 6.01. The van der Waals surface area contributed by atoms with Gasteiger partial charge in [0, 0.05) is 29.2 Å². The summed E-state index contributed by atoms with van der Waals surface area (Å²) in [5.74, 6) is 1.70. The molecule has 0 fully saturated rings. The first kappa shape index (κ1) is 16.8. The van der Waals surface area contributed by atoms with Gasteiger partial charge in [0.15, 0.2) is 11.6 Å². The van der Waals surface area contributed by atoms with Crippen LogP contribution in [0.15, 0.2) is 65.9 Å². The van der Waals surface area contributed by atoms with Crippen molar-refractivity contribution < 1.29 is 9.53 Å². The average molecular weight is 371 g/mol. The van der Waals surface area contributed by atoms with Gasteiger partial charge in [0.1, 0.15) is 5.75 Å². The Morgan fingerprint density at radius 2 is 1.82 bits per heavy atom. The third kappa shape index (κ3) is 2.62. The van der Waals surface area contributed by atoms with Gasteiger partial charge in [0.2, 0.25) is 0 Å². The molecule has 2 aromatic carbocycles. The molecule has 1 atom stereocenters. The van der Waals surface area contributed by atoms with E-state index in [4.69, 9.17) is 4.74 Å². The molecule has 2 aliphatic rings. The number of methoxy groups -OCH3 is 1. The number of anilines is 1. The predicted molar refractivity (Wildman–Crippen MR) is 108 cm³/mol. The molecule has 5 rings (SSSR count). The number of rotatable bonds is 3. The minimum atomic E-state index is -0.140. The van der Waals surface area contributed by atoms with Crippen LogP contribution in [0.5, 0.6) is 5.75 Å². The lowest BCUT2D eigenvalue weighted by atomic mass is 9.75. The SMILES string of the molecule is COc1ccc([C@@H]2C3=C(CCCC3=O)Nc3n[nH]c(-c4ccccc4)c32)cc1. The third-order valence-corrected chi connectivity index (χ3v) is 5.62. The summed E-state index contributed by atoms with van der Waals surface area (Å²) in [4.78, 5) is 13.0. The van der Waals surface area contributed by atoms with Crippen LogP contribution in [-0.2, 0) is 4.79 Å². The monoisotopic (exact) mass is 371 g/mol. The fourth-order valence-corrected chi connectivity index (χ4v) is 4.30. The van der Waals surface area contributed by atoms with E-state index in [9.17, 15) is 4.79 Å². The number of H-pyrrole nitrogens is 1. The Morgan fingerprint density at radius 1 is 1.04 bits per heavy atom. The number of aromatic amines is 1. The quantitative estimate of drug-likeness (QED) is 0.703. The first-order valence-electron chi connectivity index (χ1n) is 9.57. The van der Waals surface area contributed by atoms with Crippen LogP contribution in [0.25, 0.3) is 11.3 Å². The van der Waals surface area contributed by atoms with Crippen LogP contribution in [0, 0.1) is 0 Å². The highest BCUT2D eigenvalue weighted by Crippen LogP contribution is 2.48. The van der Waals surface area contributed by atoms with Gasteiger partial charge in [0.05, 0.1) is 12.8 Å². The first-order valence-corrected chi connectivity index (χ1v) is 9.57. The molecule has 0 unspecified atom stereocenters. The number of hydrogen-bond donors (Lipinski definition) is 2. The maximum Gasteiger partial charge on any atom is 0.161 e. The number of nitrogens with zero attached hydrogens (tertiary/aromatic N) is 1. The van der Waals surface area contributed by atoms with E-state index in [1.807, 2.05) is 42.5 Å². The molecule has 2 N–H and O–H groups in total. The largest absolute Gasteiger partial charge is 0.497 e. The van der Waals surface area contributed by atoms with Gasteiger partial charge in [-0.1, -0.05) is 42.5 Å². The number of hydrogen-bond acceptors (Lipinski definition) is 4. The number of ether oxygens (including phenoxy) is 1. The van der Waals surface area contributed by atoms with Crippen LogP contribution >= 0.6 is 0 Å². The minimum absolute atomic E-state index is 0.140. The second-order valence-electron chi connectivity index (χ2n) is 7.23. The zero-order chi connectivity index (χ0) is 19.1. The van der Waals surface area contributed by atoms with Crippen LogP contribution in [0.3, 0.4) is 0 Å². The molecule has 1 aromatic heterocycles. The van der Waals surface area contributed by atoms with E-state index >= 15 is 0 Å². The van der Waals surface area contributed by atoms with Crippen molar-refractivity contribution in [3.05, 3.63) is 77.0 Å². The summed E-state index contributed by atoms with van der Waals surface area (Å²) in [7, 11) is 1.66. The standard InChI is InChI=1S/C23H21N3O2/c1-28-16-12-10-14(11-13-16)19-20-17(8-5-9-18(20)27)24-23-21(19)22(25-26-23)15-6-3-2-4-7-15/h2-4,6-7,10-13,19H,5,8-9H2,1H3,(H2,24,25,26)/t19-/m1/s1. The summed E-state index contributed by atoms with van der Waals surface area (Å²) in [6, 6.07) is 18.1. The molecule has 3 aromatic rings. The van der Waals surface area contributed by atoms with Crippen molar-refractivity contribution >= 4 is 11.6 Å². The lowest BCUT2D eigenvalue weighted by Gasteiger charge is -2.32. The van der Waals surface area contributed by atoms with Gasteiger partial charge in [-0.05, 0) is 36.1 Å². The Hall–Kier alpha value is -3.34. The fourth-order valence-electron chi connectivity index (χ4n) is 4.30. The number of ketones is 1. The van der Waals surface area contributed by atoms with Gasteiger partial charge in [-0.15, -0.1) is 0 Å². The second kappa shape index (κ2) is 6.68. The fraction of sp³-hybridized carbons (Fsp3) is 0.217. The van der Waals surface area contributed by atoms with Crippen LogP contribution in [0.4, 0.5) is 5.82 Å². The Balaban J connectivity index is 1.72. The molecule has 28 heavy (non-hydrogen) atoms. The normalized spacial score (nSPS) is 18.3. The van der Waals surface area contributed by atoms with E-state index in [0.717, 1.165) is 58.1 Å². The number of allylic oxidation sites excluding steroid dienone is 2. The molecule has 5 heteroatoms. The molecule has 1 aliphatic heterocycles. The highest BCUT2D eigenvalue weighted by atomic mass is 16.5. The minimum Gasteiger partial charge on any atom is -0.497 e. The van der Waals surface area contributed by atoms with Crippen molar-refractivity contribution in [3.8, 4) is 17.0 Å². The van der Waals surface area contributed by atoms with Gasteiger partial charge in [0.25, 0.3) is 0 Å². The molecular weight excluding hydrogens is 350 g/mol. The summed E-state index contributed by atoms with van der Waals surface area (Å²) in [6.45, 7) is 0. The van der Waals surface area contributed by atoms with E-state index in [1.54, 1.807) is 7.11 Å². The van der Waals surface area contributed by atoms with Gasteiger partial charge < -0.3 is 10.1 Å². The van der Waals surface area contributed by atoms with E-state index in [-0.39, 0.29) is 11.7 Å². The maximum absolute atomic E-state index is 13.0. The lowest BCUT2D eigenvalue weighted by molar-refractivity contribution is -0.116. The second-order valence-corrected chi connectivity index (χ2v) is 7.23. The van der Waals surface area contributed by atoms with E-state index in [1.165, 1.54) is 0 Å². The zero-order valence-electron chi connectivity index (χ0n) is 15.7. The number of nitrogens with one attached hydrogen (secondary N) is 2. The van der Waals surface area contributed by atoms with Crippen molar-refractivity contribution in [3.63, 3.8) is 0 Å². The van der Waals surface area contributed by atoms with Crippen LogP contribution in [0.2, 0.25) is 0 Å². The highest BCUT2D eigenvalue weighted by Gasteiger charge is 2.38. The molecule has 0 saturated carbocycles. The molecule has 1 aliphatic carbocycles. The molecular formula is C23H21N3O2. The zero-order valence-corrected chi connectivity index (χ0v) is 15.7. The summed E-state index contributed by atoms with van der Waals surface area (Å²) in [6.07, 6.45) is 2.35. The van der Waals surface area contributed by atoms with E-state index < -0.39 is 0 Å². The number of benzene rings is 2. The van der Waals surface area contributed by atoms with Gasteiger partial charge in [-0.3, -0.25) is 9.89 Å². The van der Waals surface area contributed by atoms with Crippen molar-refractivity contribution in [2.45, 2.75) is 25.2 Å². The van der Waals surface area contributed by atoms with Crippen molar-refractivity contribution in [2.75, 3.05) is 12.4 Å². The molecule has 5 nitrogen and oxygen atoms in total. The average Bonchev–Trinajstić information content (AvgIpc) is 3.17. The number of carbonyl (C=O) groups is 1. The number of aromatic nitrogens is 2. The Morgan fingerprint density at radius 3 is 2.57 bits per heavy atom. The summed E-state index contributed by atoms with van der Waals surface area (Å²) in [5, 5.41) is 11.2. The van der Waals surface area contributed by atoms with Crippen molar-refractivity contribution in [2.24, 2.45) is 0 Å². The Labute approximate surface area is 163 Å². The number of fused-ring (bicyclic) bond motifs is 1. The number of Topliss-reactive ketones (excluding diaryl/α,β-unsaturated/α-hetero) is 1. The third-order valence-electron chi connectivity index (χ3n) is 5.62. The molecule has 0 saturated heterocycles. The van der Waals surface area contributed by atoms with Crippen LogP contribution in [0.1, 0.15) is 36.3 Å². The van der Waals surface area contributed by atoms with Gasteiger partial charge in [-0.2, -0.15) is 5.10 Å². The summed E-state index contributed by atoms with van der Waals surface area (Å²) in [5.41, 5.74) is 6.01. The molecule has 0 amide bonds. The smallest absolute Gasteiger partial charge is 0.161 e. The van der Waals surface area contributed by atoms with Crippen LogP contribution < -0.4 is 10.1 Å². The van der Waals surface area contributed by atoms with E-state index in [2.05, 4.69) is 27.6 Å². The van der Waals surface area contributed by atoms with Gasteiger partial charge in [-0.25, -0.2) is 0 Å². The van der Waals surface area contributed by atoms with E-state index in [0.29, 0.717) is 6.42 Å². The Bertz CT molecular complexity index is 1060. The molecule has 0 bridgehead atoms. The maximum atomic E-state index is 13.0. The number of carbonyl (C=O) groups excluding carboxylic acids is 1.